The number of hydrogen-bond donors (Lipinski definition) is 1. The second kappa shape index (κ2) is 37.9. The number of quaternary nitrogens is 1. The number of thioether (sulfide) groups is 1. The van der Waals surface area contributed by atoms with Crippen molar-refractivity contribution in [3.8, 4) is 0 Å². The van der Waals surface area contributed by atoms with Crippen LogP contribution in [-0.4, -0.2) is 73.9 Å². The smallest absolute Gasteiger partial charge is 0.380 e. The minimum atomic E-state index is -4.22. The number of nitrogens with zero attached hydrogens (tertiary/aromatic N) is 1. The summed E-state index contributed by atoms with van der Waals surface area (Å²) >= 11 is 1.16. The van der Waals surface area contributed by atoms with Crippen molar-refractivity contribution in [2.45, 2.75) is 173 Å². The SMILES string of the molecule is CCCCCC=CCC=CCC=CCC=CCCCC(=O)SC(COCCCCCCCCCCCCCCCC)COP(=O)(O)OCC[N+](C)(C)C. The van der Waals surface area contributed by atoms with Crippen molar-refractivity contribution in [2.24, 2.45) is 0 Å². The molecule has 0 aliphatic carbocycles. The van der Waals surface area contributed by atoms with E-state index < -0.39 is 7.82 Å². The van der Waals surface area contributed by atoms with Gasteiger partial charge < -0.3 is 14.1 Å². The molecule has 0 aromatic rings. The van der Waals surface area contributed by atoms with Crippen LogP contribution in [0, 0.1) is 0 Å². The topological polar surface area (TPSA) is 82.1 Å². The molecule has 310 valence electrons. The van der Waals surface area contributed by atoms with Crippen molar-refractivity contribution >= 4 is 24.7 Å². The Kier molecular flexibility index (Phi) is 37.2. The molecule has 0 spiro atoms. The van der Waals surface area contributed by atoms with Gasteiger partial charge in [0.15, 0.2) is 5.12 Å². The average molecular weight is 785 g/mol. The molecule has 0 heterocycles. The Morgan fingerprint density at radius 1 is 0.604 bits per heavy atom. The lowest BCUT2D eigenvalue weighted by molar-refractivity contribution is -0.870. The minimum absolute atomic E-state index is 0.0494. The number of ether oxygens (including phenoxy) is 1. The first-order chi connectivity index (χ1) is 25.6. The van der Waals surface area contributed by atoms with E-state index in [4.69, 9.17) is 13.8 Å². The number of phosphoric ester groups is 1. The van der Waals surface area contributed by atoms with E-state index in [1.807, 2.05) is 21.1 Å². The summed E-state index contributed by atoms with van der Waals surface area (Å²) in [4.78, 5) is 23.1. The Morgan fingerprint density at radius 2 is 1.06 bits per heavy atom. The Hall–Kier alpha value is -0.990. The van der Waals surface area contributed by atoms with Gasteiger partial charge in [0, 0.05) is 13.0 Å². The fraction of sp³-hybridized carbons (Fsp3) is 0.795. The number of rotatable bonds is 39. The van der Waals surface area contributed by atoms with Gasteiger partial charge in [-0.3, -0.25) is 13.8 Å². The first kappa shape index (κ1) is 52.0. The van der Waals surface area contributed by atoms with Gasteiger partial charge in [0.2, 0.25) is 0 Å². The van der Waals surface area contributed by atoms with E-state index in [9.17, 15) is 14.3 Å². The molecule has 1 N–H and O–H groups in total. The van der Waals surface area contributed by atoms with E-state index in [0.717, 1.165) is 56.7 Å². The zero-order valence-electron chi connectivity index (χ0n) is 35.0. The fourth-order valence-corrected chi connectivity index (χ4v) is 7.33. The third-order valence-electron chi connectivity index (χ3n) is 8.89. The van der Waals surface area contributed by atoms with E-state index in [1.54, 1.807) is 0 Å². The Bertz CT molecular complexity index is 993. The zero-order chi connectivity index (χ0) is 39.1. The maximum atomic E-state index is 12.8. The quantitative estimate of drug-likeness (QED) is 0.0288. The van der Waals surface area contributed by atoms with Crippen molar-refractivity contribution in [3.63, 3.8) is 0 Å². The van der Waals surface area contributed by atoms with E-state index >= 15 is 0 Å². The highest BCUT2D eigenvalue weighted by atomic mass is 32.2. The third-order valence-corrected chi connectivity index (χ3v) is 11.0. The van der Waals surface area contributed by atoms with Crippen LogP contribution in [0.2, 0.25) is 0 Å². The maximum Gasteiger partial charge on any atom is 0.472 e. The van der Waals surface area contributed by atoms with Gasteiger partial charge in [0.05, 0.1) is 39.6 Å². The number of phosphoric acid groups is 1. The highest BCUT2D eigenvalue weighted by molar-refractivity contribution is 8.14. The molecule has 0 saturated carbocycles. The summed E-state index contributed by atoms with van der Waals surface area (Å²) < 4.78 is 29.6. The van der Waals surface area contributed by atoms with Gasteiger partial charge in [-0.25, -0.2) is 4.57 Å². The molecule has 0 bridgehead atoms. The standard InChI is InChI=1S/C44H82NO6PS/c1-6-8-10-12-14-16-18-20-22-23-24-25-27-29-31-33-35-37-44(46)53-43(42-51-52(47,48)50-40-38-45(3,4)5)41-49-39-36-34-32-30-28-26-21-19-17-15-13-11-9-7-2/h14,16,20,22,24-25,29,31,43H,6-13,15,17-19,21,23,26-28,30,32-42H2,1-5H3/p+1. The van der Waals surface area contributed by atoms with Crippen LogP contribution in [0.3, 0.4) is 0 Å². The molecule has 9 heteroatoms. The maximum absolute atomic E-state index is 12.8. The molecular formula is C44H83NO6PS+. The lowest BCUT2D eigenvalue weighted by Gasteiger charge is -2.24. The van der Waals surface area contributed by atoms with Crippen molar-refractivity contribution < 1.29 is 32.5 Å². The van der Waals surface area contributed by atoms with Crippen LogP contribution in [0.4, 0.5) is 0 Å². The average Bonchev–Trinajstić information content (AvgIpc) is 3.11. The van der Waals surface area contributed by atoms with Gasteiger partial charge in [-0.1, -0.05) is 171 Å². The first-order valence-corrected chi connectivity index (χ1v) is 23.8. The second-order valence-corrected chi connectivity index (χ2v) is 18.2. The van der Waals surface area contributed by atoms with E-state index in [0.29, 0.717) is 30.7 Å². The van der Waals surface area contributed by atoms with Crippen LogP contribution in [0.1, 0.15) is 168 Å². The normalized spacial score (nSPS) is 14.4. The highest BCUT2D eigenvalue weighted by Crippen LogP contribution is 2.43. The molecule has 53 heavy (non-hydrogen) atoms. The molecular weight excluding hydrogens is 702 g/mol. The summed E-state index contributed by atoms with van der Waals surface area (Å²) in [5.74, 6) is 0. The number of allylic oxidation sites excluding steroid dienone is 8. The lowest BCUT2D eigenvalue weighted by atomic mass is 10.0. The summed E-state index contributed by atoms with van der Waals surface area (Å²) in [6.07, 6.45) is 45.9. The molecule has 2 unspecified atom stereocenters. The molecule has 0 fully saturated rings. The number of carbonyl (C=O) groups excluding carboxylic acids is 1. The van der Waals surface area contributed by atoms with Gasteiger partial charge >= 0.3 is 7.82 Å². The van der Waals surface area contributed by atoms with E-state index in [2.05, 4.69) is 62.5 Å². The molecule has 7 nitrogen and oxygen atoms in total. The molecule has 0 radical (unpaired) electrons. The predicted molar refractivity (Wildman–Crippen MR) is 231 cm³/mol. The molecule has 0 rings (SSSR count). The lowest BCUT2D eigenvalue weighted by Crippen LogP contribution is -2.37. The molecule has 0 aliphatic heterocycles. The van der Waals surface area contributed by atoms with Crippen LogP contribution < -0.4 is 0 Å². The Morgan fingerprint density at radius 3 is 1.57 bits per heavy atom. The van der Waals surface area contributed by atoms with Gasteiger partial charge in [0.25, 0.3) is 0 Å². The molecule has 0 aromatic carbocycles. The van der Waals surface area contributed by atoms with E-state index in [1.165, 1.54) is 103 Å². The first-order valence-electron chi connectivity index (χ1n) is 21.4. The summed E-state index contributed by atoms with van der Waals surface area (Å²) in [5, 5.41) is -0.318. The zero-order valence-corrected chi connectivity index (χ0v) is 36.7. The predicted octanol–water partition coefficient (Wildman–Crippen LogP) is 13.1. The summed E-state index contributed by atoms with van der Waals surface area (Å²) in [6.45, 7) is 6.03. The van der Waals surface area contributed by atoms with Gasteiger partial charge in [-0.15, -0.1) is 0 Å². The summed E-state index contributed by atoms with van der Waals surface area (Å²) in [5.41, 5.74) is 0. The van der Waals surface area contributed by atoms with E-state index in [-0.39, 0.29) is 23.6 Å². The summed E-state index contributed by atoms with van der Waals surface area (Å²) in [6, 6.07) is 0. The number of unbranched alkanes of at least 4 members (excludes halogenated alkanes) is 17. The monoisotopic (exact) mass is 785 g/mol. The largest absolute Gasteiger partial charge is 0.472 e. The highest BCUT2D eigenvalue weighted by Gasteiger charge is 2.26. The Labute approximate surface area is 332 Å². The minimum Gasteiger partial charge on any atom is -0.380 e. The molecule has 0 aromatic heterocycles. The van der Waals surface area contributed by atoms with Crippen LogP contribution in [0.5, 0.6) is 0 Å². The van der Waals surface area contributed by atoms with Crippen LogP contribution >= 0.6 is 19.6 Å². The van der Waals surface area contributed by atoms with Crippen molar-refractivity contribution in [2.75, 3.05) is 54.1 Å². The number of likely N-dealkylation sites (N-methyl/N-ethyl adjacent to an activating group) is 1. The fourth-order valence-electron chi connectivity index (χ4n) is 5.54. The van der Waals surface area contributed by atoms with Gasteiger partial charge in [0.1, 0.15) is 13.2 Å². The molecule has 0 saturated heterocycles. The Balaban J connectivity index is 4.36. The molecule has 2 atom stereocenters. The molecule has 0 amide bonds. The van der Waals surface area contributed by atoms with Crippen molar-refractivity contribution in [3.05, 3.63) is 48.6 Å². The van der Waals surface area contributed by atoms with Crippen LogP contribution in [0.25, 0.3) is 0 Å². The van der Waals surface area contributed by atoms with Gasteiger partial charge in [-0.05, 0) is 51.4 Å². The third kappa shape index (κ3) is 42.0. The van der Waals surface area contributed by atoms with Crippen molar-refractivity contribution in [1.82, 2.24) is 0 Å². The number of hydrogen-bond acceptors (Lipinski definition) is 6. The van der Waals surface area contributed by atoms with Crippen molar-refractivity contribution in [1.29, 1.82) is 0 Å². The molecule has 0 aliphatic rings. The van der Waals surface area contributed by atoms with Crippen LogP contribution in [0.15, 0.2) is 48.6 Å². The van der Waals surface area contributed by atoms with Gasteiger partial charge in [-0.2, -0.15) is 0 Å². The number of carbonyl (C=O) groups is 1. The second-order valence-electron chi connectivity index (χ2n) is 15.4. The summed E-state index contributed by atoms with van der Waals surface area (Å²) in [7, 11) is 1.75. The van der Waals surface area contributed by atoms with Crippen LogP contribution in [-0.2, 0) is 23.1 Å².